The zero-order chi connectivity index (χ0) is 23.4. The molecule has 2 aromatic carbocycles. The molecule has 2 aliphatic heterocycles. The fraction of sp³-hybridized carbons (Fsp3) is 0.462. The molecule has 0 spiro atoms. The number of carbonyl (C=O) groups excluding carboxylic acids is 2. The lowest BCUT2D eigenvalue weighted by molar-refractivity contribution is -0.119. The second-order valence-corrected chi connectivity index (χ2v) is 9.69. The Morgan fingerprint density at radius 2 is 1.82 bits per heavy atom. The Balaban J connectivity index is 1.27. The van der Waals surface area contributed by atoms with Gasteiger partial charge >= 0.3 is 6.03 Å². The molecule has 4 rings (SSSR count). The topological polar surface area (TPSA) is 61.9 Å². The monoisotopic (exact) mass is 469 g/mol. The number of nitrogens with zero attached hydrogens (tertiary/aromatic N) is 2. The van der Waals surface area contributed by atoms with E-state index >= 15 is 0 Å². The highest BCUT2D eigenvalue weighted by Crippen LogP contribution is 2.29. The van der Waals surface area contributed by atoms with Crippen LogP contribution >= 0.6 is 11.6 Å². The normalized spacial score (nSPS) is 20.2. The highest BCUT2D eigenvalue weighted by Gasteiger charge is 2.34. The number of anilines is 1. The first kappa shape index (κ1) is 23.6. The smallest absolute Gasteiger partial charge is 0.329 e. The molecule has 33 heavy (non-hydrogen) atoms. The second-order valence-electron chi connectivity index (χ2n) is 9.28. The number of para-hydroxylation sites is 1. The molecular weight excluding hydrogens is 438 g/mol. The molecule has 0 saturated carbocycles. The number of imide groups is 1. The van der Waals surface area contributed by atoms with Gasteiger partial charge in [-0.25, -0.2) is 9.69 Å². The van der Waals surface area contributed by atoms with Gasteiger partial charge in [0.25, 0.3) is 0 Å². The Labute approximate surface area is 200 Å². The van der Waals surface area contributed by atoms with E-state index in [2.05, 4.69) is 16.3 Å². The number of urea groups is 1. The first-order valence-electron chi connectivity index (χ1n) is 11.7. The molecule has 7 heteroatoms. The van der Waals surface area contributed by atoms with Crippen LogP contribution < -0.4 is 15.0 Å². The zero-order valence-electron chi connectivity index (χ0n) is 19.3. The summed E-state index contributed by atoms with van der Waals surface area (Å²) >= 11 is 6.45. The molecule has 1 N–H and O–H groups in total. The van der Waals surface area contributed by atoms with Gasteiger partial charge in [0.1, 0.15) is 5.75 Å². The summed E-state index contributed by atoms with van der Waals surface area (Å²) in [5.74, 6) is 1.27. The fourth-order valence-corrected chi connectivity index (χ4v) is 4.90. The van der Waals surface area contributed by atoms with Crippen LogP contribution in [0.2, 0.25) is 5.02 Å². The molecule has 0 aliphatic carbocycles. The molecule has 2 saturated heterocycles. The van der Waals surface area contributed by atoms with Gasteiger partial charge in [-0.2, -0.15) is 0 Å². The van der Waals surface area contributed by atoms with Gasteiger partial charge in [0, 0.05) is 18.0 Å². The van der Waals surface area contributed by atoms with Crippen LogP contribution in [0.15, 0.2) is 48.5 Å². The molecule has 0 bridgehead atoms. The van der Waals surface area contributed by atoms with Crippen molar-refractivity contribution in [2.75, 3.05) is 24.5 Å². The molecule has 2 aliphatic rings. The predicted molar refractivity (Wildman–Crippen MR) is 131 cm³/mol. The summed E-state index contributed by atoms with van der Waals surface area (Å²) in [4.78, 5) is 28.8. The molecule has 0 radical (unpaired) electrons. The van der Waals surface area contributed by atoms with E-state index in [1.54, 1.807) is 12.1 Å². The van der Waals surface area contributed by atoms with Crippen LogP contribution in [0.5, 0.6) is 5.75 Å². The van der Waals surface area contributed by atoms with Crippen LogP contribution in [0.3, 0.4) is 0 Å². The Morgan fingerprint density at radius 1 is 1.09 bits per heavy atom. The Hall–Kier alpha value is -2.57. The number of ether oxygens (including phenoxy) is 1. The molecule has 1 unspecified atom stereocenters. The van der Waals surface area contributed by atoms with Gasteiger partial charge in [-0.3, -0.25) is 4.79 Å². The Kier molecular flexibility index (Phi) is 7.56. The lowest BCUT2D eigenvalue weighted by Crippen LogP contribution is -2.58. The van der Waals surface area contributed by atoms with Crippen LogP contribution in [0.1, 0.15) is 38.7 Å². The van der Waals surface area contributed by atoms with E-state index in [1.165, 1.54) is 4.90 Å². The maximum Gasteiger partial charge on any atom is 0.329 e. The largest absolute Gasteiger partial charge is 0.491 e. The standard InChI is InChI=1S/C26H32ClN3O3/c1-18(2)33-23-8-9-24(27)20(15-23)14-19-10-12-29(13-11-19)17-21-16-25(31)30(26(32)28-21)22-6-4-3-5-7-22/h3-9,15,18-19,21H,10-14,16-17H2,1-2H3,(H,28,32). The number of hydrogen-bond donors (Lipinski definition) is 1. The van der Waals surface area contributed by atoms with Crippen LogP contribution in [0, 0.1) is 5.92 Å². The van der Waals surface area contributed by atoms with Crippen LogP contribution in [0.4, 0.5) is 10.5 Å². The van der Waals surface area contributed by atoms with Crippen molar-refractivity contribution in [3.05, 3.63) is 59.1 Å². The first-order valence-corrected chi connectivity index (χ1v) is 12.1. The third-order valence-electron chi connectivity index (χ3n) is 6.30. The number of piperidine rings is 1. The van der Waals surface area contributed by atoms with Crippen molar-refractivity contribution in [1.82, 2.24) is 10.2 Å². The van der Waals surface area contributed by atoms with Crippen LogP contribution in [-0.4, -0.2) is 48.6 Å². The summed E-state index contributed by atoms with van der Waals surface area (Å²) in [5, 5.41) is 3.81. The van der Waals surface area contributed by atoms with Crippen molar-refractivity contribution in [2.45, 2.75) is 51.7 Å². The van der Waals surface area contributed by atoms with Crippen molar-refractivity contribution < 1.29 is 14.3 Å². The lowest BCUT2D eigenvalue weighted by Gasteiger charge is -2.37. The van der Waals surface area contributed by atoms with Crippen LogP contribution in [-0.2, 0) is 11.2 Å². The average Bonchev–Trinajstić information content (AvgIpc) is 2.77. The van der Waals surface area contributed by atoms with E-state index in [1.807, 2.05) is 44.2 Å². The minimum absolute atomic E-state index is 0.134. The predicted octanol–water partition coefficient (Wildman–Crippen LogP) is 4.90. The number of benzene rings is 2. The third kappa shape index (κ3) is 6.06. The SMILES string of the molecule is CC(C)Oc1ccc(Cl)c(CC2CCN(CC3CC(=O)N(c4ccccc4)C(=O)N3)CC2)c1. The van der Waals surface area contributed by atoms with E-state index in [9.17, 15) is 9.59 Å². The summed E-state index contributed by atoms with van der Waals surface area (Å²) in [5.41, 5.74) is 1.75. The number of rotatable bonds is 7. The van der Waals surface area contributed by atoms with Crippen molar-refractivity contribution in [3.63, 3.8) is 0 Å². The Morgan fingerprint density at radius 3 is 2.48 bits per heavy atom. The minimum atomic E-state index is -0.338. The number of carbonyl (C=O) groups is 2. The van der Waals surface area contributed by atoms with Gasteiger partial charge in [0.15, 0.2) is 0 Å². The van der Waals surface area contributed by atoms with Crippen molar-refractivity contribution in [2.24, 2.45) is 5.92 Å². The highest BCUT2D eigenvalue weighted by atomic mass is 35.5. The molecular formula is C26H32ClN3O3. The van der Waals surface area contributed by atoms with E-state index in [-0.39, 0.29) is 24.1 Å². The van der Waals surface area contributed by atoms with Gasteiger partial charge in [-0.1, -0.05) is 29.8 Å². The maximum atomic E-state index is 12.7. The van der Waals surface area contributed by atoms with Gasteiger partial charge < -0.3 is 15.0 Å². The molecule has 3 amide bonds. The summed E-state index contributed by atoms with van der Waals surface area (Å²) in [6, 6.07) is 14.5. The van der Waals surface area contributed by atoms with Gasteiger partial charge in [-0.15, -0.1) is 0 Å². The number of likely N-dealkylation sites (tertiary alicyclic amines) is 1. The average molecular weight is 470 g/mol. The summed E-state index contributed by atoms with van der Waals surface area (Å²) < 4.78 is 5.82. The minimum Gasteiger partial charge on any atom is -0.491 e. The molecule has 176 valence electrons. The summed E-state index contributed by atoms with van der Waals surface area (Å²) in [6.07, 6.45) is 3.52. The quantitative estimate of drug-likeness (QED) is 0.626. The highest BCUT2D eigenvalue weighted by molar-refractivity contribution is 6.31. The molecule has 1 atom stereocenters. The fourth-order valence-electron chi connectivity index (χ4n) is 4.70. The molecule has 2 heterocycles. The first-order chi connectivity index (χ1) is 15.9. The summed E-state index contributed by atoms with van der Waals surface area (Å²) in [6.45, 7) is 6.64. The Bertz CT molecular complexity index is 956. The van der Waals surface area contributed by atoms with E-state index in [4.69, 9.17) is 16.3 Å². The van der Waals surface area contributed by atoms with Crippen molar-refractivity contribution >= 4 is 29.2 Å². The van der Waals surface area contributed by atoms with Crippen molar-refractivity contribution in [1.29, 1.82) is 0 Å². The number of hydrogen-bond acceptors (Lipinski definition) is 4. The number of nitrogens with one attached hydrogen (secondary N) is 1. The van der Waals surface area contributed by atoms with E-state index < -0.39 is 0 Å². The van der Waals surface area contributed by atoms with Gasteiger partial charge in [-0.05, 0) is 88.0 Å². The third-order valence-corrected chi connectivity index (χ3v) is 6.67. The van der Waals surface area contributed by atoms with Gasteiger partial charge in [0.05, 0.1) is 17.8 Å². The molecule has 0 aromatic heterocycles. The molecule has 2 aromatic rings. The van der Waals surface area contributed by atoms with Gasteiger partial charge in [0.2, 0.25) is 5.91 Å². The number of halogens is 1. The van der Waals surface area contributed by atoms with E-state index in [0.717, 1.165) is 48.7 Å². The second kappa shape index (κ2) is 10.6. The maximum absolute atomic E-state index is 12.7. The van der Waals surface area contributed by atoms with E-state index in [0.29, 0.717) is 24.6 Å². The number of amides is 3. The van der Waals surface area contributed by atoms with Crippen molar-refractivity contribution in [3.8, 4) is 5.75 Å². The summed E-state index contributed by atoms with van der Waals surface area (Å²) in [7, 11) is 0. The molecule has 6 nitrogen and oxygen atoms in total. The lowest BCUT2D eigenvalue weighted by atomic mass is 9.89. The molecule has 2 fully saturated rings. The van der Waals surface area contributed by atoms with Crippen LogP contribution in [0.25, 0.3) is 0 Å². The zero-order valence-corrected chi connectivity index (χ0v) is 20.1.